The zero-order valence-corrected chi connectivity index (χ0v) is 17.1. The number of hydrogen-bond donors (Lipinski definition) is 1. The van der Waals surface area contributed by atoms with Crippen molar-refractivity contribution in [2.45, 2.75) is 32.9 Å². The molecule has 0 saturated carbocycles. The fraction of sp³-hybridized carbons (Fsp3) is 0.286. The first kappa shape index (κ1) is 20.5. The zero-order valence-electron chi connectivity index (χ0n) is 16.4. The van der Waals surface area contributed by atoms with E-state index in [2.05, 4.69) is 37.1 Å². The van der Waals surface area contributed by atoms with Crippen molar-refractivity contribution in [2.24, 2.45) is 9.98 Å². The molecule has 0 radical (unpaired) electrons. The van der Waals surface area contributed by atoms with E-state index in [9.17, 15) is 4.79 Å². The third-order valence-corrected chi connectivity index (χ3v) is 4.55. The average molecular weight is 410 g/mol. The summed E-state index contributed by atoms with van der Waals surface area (Å²) in [6, 6.07) is 3.29. The van der Waals surface area contributed by atoms with E-state index in [-0.39, 0.29) is 11.9 Å². The van der Waals surface area contributed by atoms with Gasteiger partial charge in [0.2, 0.25) is 5.95 Å². The molecule has 0 amide bonds. The lowest BCUT2D eigenvalue weighted by atomic mass is 10.0. The molecule has 0 fully saturated rings. The van der Waals surface area contributed by atoms with Crippen LogP contribution >= 0.6 is 11.6 Å². The number of aliphatic imine (C=N–C) groups is 2. The van der Waals surface area contributed by atoms with Gasteiger partial charge in [0.05, 0.1) is 23.9 Å². The number of ether oxygens (including phenoxy) is 1. The summed E-state index contributed by atoms with van der Waals surface area (Å²) in [4.78, 5) is 29.2. The number of Topliss-reactive ketones (excluding diaryl/α,β-unsaturated/α-hetero) is 1. The van der Waals surface area contributed by atoms with Crippen LogP contribution in [0.5, 0.6) is 5.75 Å². The molecule has 1 aliphatic heterocycles. The van der Waals surface area contributed by atoms with E-state index in [1.807, 2.05) is 6.92 Å². The van der Waals surface area contributed by atoms with Crippen LogP contribution in [0.15, 0.2) is 34.5 Å². The molecule has 1 atom stereocenters. The maximum Gasteiger partial charge on any atom is 0.228 e. The fourth-order valence-corrected chi connectivity index (χ4v) is 2.79. The van der Waals surface area contributed by atoms with Crippen LogP contribution in [0.25, 0.3) is 0 Å². The number of aromatic nitrogens is 2. The van der Waals surface area contributed by atoms with Crippen LogP contribution in [0, 0.1) is 11.8 Å². The summed E-state index contributed by atoms with van der Waals surface area (Å²) < 4.78 is 5.26. The second-order valence-electron chi connectivity index (χ2n) is 6.17. The van der Waals surface area contributed by atoms with Gasteiger partial charge in [-0.1, -0.05) is 37.3 Å². The number of nitrogens with zero attached hydrogens (tertiary/aromatic N) is 4. The number of ketones is 1. The summed E-state index contributed by atoms with van der Waals surface area (Å²) >= 11 is 6.33. The predicted octanol–water partition coefficient (Wildman–Crippen LogP) is 3.76. The smallest absolute Gasteiger partial charge is 0.228 e. The molecule has 7 nitrogen and oxygen atoms in total. The lowest BCUT2D eigenvalue weighted by Crippen LogP contribution is -2.13. The van der Waals surface area contributed by atoms with Gasteiger partial charge in [0.1, 0.15) is 17.8 Å². The van der Waals surface area contributed by atoms with Gasteiger partial charge < -0.3 is 10.1 Å². The maximum atomic E-state index is 12.0. The molecule has 29 heavy (non-hydrogen) atoms. The molecule has 0 aliphatic carbocycles. The Labute approximate surface area is 174 Å². The Balaban J connectivity index is 1.79. The van der Waals surface area contributed by atoms with Crippen LogP contribution in [-0.2, 0) is 0 Å². The van der Waals surface area contributed by atoms with Crippen molar-refractivity contribution >= 4 is 35.4 Å². The topological polar surface area (TPSA) is 88.8 Å². The minimum Gasteiger partial charge on any atom is -0.495 e. The van der Waals surface area contributed by atoms with Gasteiger partial charge in [0.15, 0.2) is 5.78 Å². The van der Waals surface area contributed by atoms with E-state index < -0.39 is 0 Å². The number of benzene rings is 1. The molecule has 8 heteroatoms. The number of methoxy groups -OCH3 is 1. The van der Waals surface area contributed by atoms with Crippen LogP contribution in [0.1, 0.15) is 48.2 Å². The Morgan fingerprint density at radius 1 is 1.24 bits per heavy atom. The van der Waals surface area contributed by atoms with Crippen molar-refractivity contribution in [1.82, 2.24) is 9.97 Å². The molecule has 1 N–H and O–H groups in total. The summed E-state index contributed by atoms with van der Waals surface area (Å²) in [6.45, 7) is 3.82. The molecule has 1 aliphatic rings. The summed E-state index contributed by atoms with van der Waals surface area (Å²) in [5.74, 6) is 7.38. The Bertz CT molecular complexity index is 1040. The molecule has 0 saturated heterocycles. The van der Waals surface area contributed by atoms with Crippen LogP contribution in [0.2, 0.25) is 5.02 Å². The number of amidine groups is 1. The van der Waals surface area contributed by atoms with Crippen molar-refractivity contribution in [1.29, 1.82) is 0 Å². The highest BCUT2D eigenvalue weighted by atomic mass is 35.5. The molecule has 1 unspecified atom stereocenters. The predicted molar refractivity (Wildman–Crippen MR) is 114 cm³/mol. The molecule has 148 valence electrons. The molecule has 2 heterocycles. The number of carbonyl (C=O) groups is 1. The lowest BCUT2D eigenvalue weighted by Gasteiger charge is -2.08. The average Bonchev–Trinajstić information content (AvgIpc) is 3.21. The van der Waals surface area contributed by atoms with Crippen LogP contribution < -0.4 is 10.1 Å². The molecule has 3 rings (SSSR count). The van der Waals surface area contributed by atoms with Crippen LogP contribution in [0.3, 0.4) is 0 Å². The monoisotopic (exact) mass is 409 g/mol. The highest BCUT2D eigenvalue weighted by Gasteiger charge is 2.13. The van der Waals surface area contributed by atoms with E-state index in [0.29, 0.717) is 45.7 Å². The maximum absolute atomic E-state index is 12.0. The molecule has 0 bridgehead atoms. The van der Waals surface area contributed by atoms with Gasteiger partial charge in [-0.25, -0.2) is 15.0 Å². The lowest BCUT2D eigenvalue weighted by molar-refractivity contribution is 0.0988. The molecule has 1 aromatic carbocycles. The Kier molecular flexibility index (Phi) is 6.57. The largest absolute Gasteiger partial charge is 0.495 e. The third-order valence-electron chi connectivity index (χ3n) is 4.16. The minimum absolute atomic E-state index is 0.00884. The molecular weight excluding hydrogens is 390 g/mol. The third kappa shape index (κ3) is 4.98. The van der Waals surface area contributed by atoms with Crippen molar-refractivity contribution in [2.75, 3.05) is 12.4 Å². The Morgan fingerprint density at radius 2 is 2.00 bits per heavy atom. The SMILES string of the molecule is CCC(=O)c1cc(C#Cc2cnc(NC3=NC(CC)N=C3)nc2)c(Cl)c(OC)c1. The van der Waals surface area contributed by atoms with Crippen molar-refractivity contribution < 1.29 is 9.53 Å². The zero-order chi connectivity index (χ0) is 20.8. The molecule has 2 aromatic rings. The molecular formula is C21H20ClN5O2. The van der Waals surface area contributed by atoms with Crippen LogP contribution in [0.4, 0.5) is 5.95 Å². The first-order chi connectivity index (χ1) is 14.0. The first-order valence-electron chi connectivity index (χ1n) is 9.16. The van der Waals surface area contributed by atoms with Gasteiger partial charge in [-0.05, 0) is 18.6 Å². The summed E-state index contributed by atoms with van der Waals surface area (Å²) in [6.07, 6.45) is 6.05. The Hall–Kier alpha value is -3.24. The summed E-state index contributed by atoms with van der Waals surface area (Å²) in [7, 11) is 1.50. The van der Waals surface area contributed by atoms with E-state index >= 15 is 0 Å². The number of halogens is 1. The second-order valence-corrected chi connectivity index (χ2v) is 6.55. The number of carbonyl (C=O) groups excluding carboxylic acids is 1. The van der Waals surface area contributed by atoms with Gasteiger partial charge in [-0.3, -0.25) is 9.79 Å². The molecule has 0 spiro atoms. The number of anilines is 1. The standard InChI is InChI=1S/C21H20ClN5O2/c1-4-16(28)15-8-14(20(22)17(9-15)29-3)7-6-13-10-24-21(25-11-13)27-19-12-23-18(5-2)26-19/h8-12,18H,4-5H2,1-3H3,(H,24,25,26,27). The van der Waals surface area contributed by atoms with Gasteiger partial charge >= 0.3 is 0 Å². The van der Waals surface area contributed by atoms with Gasteiger partial charge in [-0.15, -0.1) is 0 Å². The van der Waals surface area contributed by atoms with Gasteiger partial charge in [0.25, 0.3) is 0 Å². The van der Waals surface area contributed by atoms with Gasteiger partial charge in [-0.2, -0.15) is 0 Å². The normalized spacial score (nSPS) is 14.8. The Morgan fingerprint density at radius 3 is 2.62 bits per heavy atom. The summed E-state index contributed by atoms with van der Waals surface area (Å²) in [5, 5.41) is 3.37. The summed E-state index contributed by atoms with van der Waals surface area (Å²) in [5.41, 5.74) is 1.62. The highest BCUT2D eigenvalue weighted by molar-refractivity contribution is 6.35. The van der Waals surface area contributed by atoms with E-state index in [1.54, 1.807) is 37.7 Å². The quantitative estimate of drug-likeness (QED) is 0.599. The fourth-order valence-electron chi connectivity index (χ4n) is 2.56. The van der Waals surface area contributed by atoms with Crippen molar-refractivity contribution in [3.63, 3.8) is 0 Å². The van der Waals surface area contributed by atoms with E-state index in [0.717, 1.165) is 6.42 Å². The van der Waals surface area contributed by atoms with Crippen LogP contribution in [-0.4, -0.2) is 41.1 Å². The number of nitrogens with one attached hydrogen (secondary N) is 1. The van der Waals surface area contributed by atoms with Crippen molar-refractivity contribution in [3.8, 4) is 17.6 Å². The number of hydrogen-bond acceptors (Lipinski definition) is 7. The first-order valence-corrected chi connectivity index (χ1v) is 9.54. The van der Waals surface area contributed by atoms with E-state index in [4.69, 9.17) is 16.3 Å². The van der Waals surface area contributed by atoms with E-state index in [1.165, 1.54) is 7.11 Å². The second kappa shape index (κ2) is 9.30. The minimum atomic E-state index is -0.0419. The van der Waals surface area contributed by atoms with Crippen molar-refractivity contribution in [3.05, 3.63) is 46.2 Å². The highest BCUT2D eigenvalue weighted by Crippen LogP contribution is 2.30. The molecule has 1 aromatic heterocycles. The van der Waals surface area contributed by atoms with Gasteiger partial charge in [0, 0.05) is 29.9 Å². The number of rotatable bonds is 5.